The van der Waals surface area contributed by atoms with Crippen LogP contribution in [0.3, 0.4) is 0 Å². The fourth-order valence-electron chi connectivity index (χ4n) is 2.80. The monoisotopic (exact) mass is 341 g/mol. The third-order valence-electron chi connectivity index (χ3n) is 4.21. The molecule has 25 heavy (non-hydrogen) atoms. The molecule has 1 saturated heterocycles. The standard InChI is InChI=1S/C19H20FN3O2/c20-17-8-4-7-16(13-17)18(24)22-9-11-23(12-10-22)19(25)21-14-15-5-2-1-3-6-15/h1-8,13H,9-12,14H2,(H,21,25). The average molecular weight is 341 g/mol. The Morgan fingerprint density at radius 1 is 0.920 bits per heavy atom. The average Bonchev–Trinajstić information content (AvgIpc) is 2.66. The van der Waals surface area contributed by atoms with Crippen LogP contribution in [-0.4, -0.2) is 47.9 Å². The molecular formula is C19H20FN3O2. The maximum absolute atomic E-state index is 13.3. The summed E-state index contributed by atoms with van der Waals surface area (Å²) < 4.78 is 13.3. The highest BCUT2D eigenvalue weighted by Gasteiger charge is 2.24. The van der Waals surface area contributed by atoms with Gasteiger partial charge in [-0.05, 0) is 23.8 Å². The van der Waals surface area contributed by atoms with E-state index < -0.39 is 5.82 Å². The smallest absolute Gasteiger partial charge is 0.317 e. The molecule has 3 rings (SSSR count). The quantitative estimate of drug-likeness (QED) is 0.933. The fraction of sp³-hybridized carbons (Fsp3) is 0.263. The van der Waals surface area contributed by atoms with Crippen molar-refractivity contribution in [2.24, 2.45) is 0 Å². The van der Waals surface area contributed by atoms with Gasteiger partial charge in [0.05, 0.1) is 0 Å². The first-order chi connectivity index (χ1) is 12.1. The van der Waals surface area contributed by atoms with Crippen molar-refractivity contribution < 1.29 is 14.0 Å². The largest absolute Gasteiger partial charge is 0.335 e. The van der Waals surface area contributed by atoms with Crippen LogP contribution in [0.15, 0.2) is 54.6 Å². The van der Waals surface area contributed by atoms with Gasteiger partial charge in [0.1, 0.15) is 5.82 Å². The lowest BCUT2D eigenvalue weighted by Crippen LogP contribution is -2.53. The normalized spacial score (nSPS) is 14.3. The van der Waals surface area contributed by atoms with Crippen molar-refractivity contribution >= 4 is 11.9 Å². The van der Waals surface area contributed by atoms with Crippen LogP contribution >= 0.6 is 0 Å². The zero-order valence-corrected chi connectivity index (χ0v) is 13.8. The number of amides is 3. The number of piperazine rings is 1. The highest BCUT2D eigenvalue weighted by molar-refractivity contribution is 5.94. The van der Waals surface area contributed by atoms with Gasteiger partial charge in [-0.2, -0.15) is 0 Å². The highest BCUT2D eigenvalue weighted by atomic mass is 19.1. The van der Waals surface area contributed by atoms with E-state index in [4.69, 9.17) is 0 Å². The molecule has 1 aliphatic heterocycles. The number of rotatable bonds is 3. The number of urea groups is 1. The van der Waals surface area contributed by atoms with Gasteiger partial charge in [-0.15, -0.1) is 0 Å². The molecular weight excluding hydrogens is 321 g/mol. The molecule has 0 bridgehead atoms. The Morgan fingerprint density at radius 3 is 2.28 bits per heavy atom. The van der Waals surface area contributed by atoms with E-state index in [1.807, 2.05) is 30.3 Å². The number of halogens is 1. The minimum absolute atomic E-state index is 0.137. The third-order valence-corrected chi connectivity index (χ3v) is 4.21. The van der Waals surface area contributed by atoms with Crippen LogP contribution in [0.2, 0.25) is 0 Å². The second kappa shape index (κ2) is 7.79. The molecule has 1 fully saturated rings. The van der Waals surface area contributed by atoms with Gasteiger partial charge >= 0.3 is 6.03 Å². The minimum Gasteiger partial charge on any atom is -0.335 e. The summed E-state index contributed by atoms with van der Waals surface area (Å²) in [5.41, 5.74) is 1.37. The van der Waals surface area contributed by atoms with Crippen LogP contribution in [0.4, 0.5) is 9.18 Å². The summed E-state index contributed by atoms with van der Waals surface area (Å²) in [5, 5.41) is 2.89. The second-order valence-corrected chi connectivity index (χ2v) is 5.93. The van der Waals surface area contributed by atoms with Gasteiger partial charge in [0.2, 0.25) is 0 Å². The number of nitrogens with one attached hydrogen (secondary N) is 1. The number of carbonyl (C=O) groups is 2. The molecule has 0 aromatic heterocycles. The van der Waals surface area contributed by atoms with E-state index in [2.05, 4.69) is 5.32 Å². The van der Waals surface area contributed by atoms with Gasteiger partial charge in [0.25, 0.3) is 5.91 Å². The predicted molar refractivity (Wildman–Crippen MR) is 92.6 cm³/mol. The van der Waals surface area contributed by atoms with E-state index in [-0.39, 0.29) is 11.9 Å². The molecule has 0 spiro atoms. The molecule has 130 valence electrons. The van der Waals surface area contributed by atoms with E-state index >= 15 is 0 Å². The van der Waals surface area contributed by atoms with Gasteiger partial charge in [-0.1, -0.05) is 36.4 Å². The Balaban J connectivity index is 1.49. The van der Waals surface area contributed by atoms with Gasteiger partial charge in [-0.3, -0.25) is 4.79 Å². The van der Waals surface area contributed by atoms with E-state index in [0.29, 0.717) is 38.3 Å². The maximum atomic E-state index is 13.3. The Bertz CT molecular complexity index is 743. The van der Waals surface area contributed by atoms with Crippen molar-refractivity contribution in [1.82, 2.24) is 15.1 Å². The summed E-state index contributed by atoms with van der Waals surface area (Å²) in [5.74, 6) is -0.631. The molecule has 2 aromatic carbocycles. The van der Waals surface area contributed by atoms with Crippen LogP contribution in [0, 0.1) is 5.82 Å². The minimum atomic E-state index is -0.426. The van der Waals surface area contributed by atoms with Crippen molar-refractivity contribution in [3.05, 3.63) is 71.5 Å². The van der Waals surface area contributed by atoms with Crippen LogP contribution in [0.1, 0.15) is 15.9 Å². The van der Waals surface area contributed by atoms with E-state index in [9.17, 15) is 14.0 Å². The fourth-order valence-corrected chi connectivity index (χ4v) is 2.80. The van der Waals surface area contributed by atoms with Crippen LogP contribution in [0.25, 0.3) is 0 Å². The lowest BCUT2D eigenvalue weighted by Gasteiger charge is -2.34. The highest BCUT2D eigenvalue weighted by Crippen LogP contribution is 2.10. The SMILES string of the molecule is O=C(NCc1ccccc1)N1CCN(C(=O)c2cccc(F)c2)CC1. The van der Waals surface area contributed by atoms with E-state index in [1.165, 1.54) is 18.2 Å². The lowest BCUT2D eigenvalue weighted by molar-refractivity contribution is 0.0664. The summed E-state index contributed by atoms with van der Waals surface area (Å²) >= 11 is 0. The molecule has 1 heterocycles. The number of carbonyl (C=O) groups excluding carboxylic acids is 2. The van der Waals surface area contributed by atoms with Crippen molar-refractivity contribution in [1.29, 1.82) is 0 Å². The molecule has 0 atom stereocenters. The molecule has 1 aliphatic rings. The molecule has 0 radical (unpaired) electrons. The van der Waals surface area contributed by atoms with Crippen molar-refractivity contribution in [2.75, 3.05) is 26.2 Å². The van der Waals surface area contributed by atoms with Gasteiger partial charge in [-0.25, -0.2) is 9.18 Å². The molecule has 1 N–H and O–H groups in total. The number of hydrogen-bond donors (Lipinski definition) is 1. The third kappa shape index (κ3) is 4.35. The summed E-state index contributed by atoms with van der Waals surface area (Å²) in [6, 6.07) is 15.2. The first-order valence-corrected chi connectivity index (χ1v) is 8.25. The van der Waals surface area contributed by atoms with Crippen molar-refractivity contribution in [3.8, 4) is 0 Å². The molecule has 5 nitrogen and oxygen atoms in total. The zero-order chi connectivity index (χ0) is 17.6. The van der Waals surface area contributed by atoms with Gasteiger partial charge < -0.3 is 15.1 Å². The van der Waals surface area contributed by atoms with Gasteiger partial charge in [0.15, 0.2) is 0 Å². The van der Waals surface area contributed by atoms with Crippen LogP contribution < -0.4 is 5.32 Å². The molecule has 2 aromatic rings. The summed E-state index contributed by atoms with van der Waals surface area (Å²) in [7, 11) is 0. The van der Waals surface area contributed by atoms with Crippen molar-refractivity contribution in [3.63, 3.8) is 0 Å². The predicted octanol–water partition coefficient (Wildman–Crippen LogP) is 2.49. The Morgan fingerprint density at radius 2 is 1.60 bits per heavy atom. The molecule has 0 unspecified atom stereocenters. The number of nitrogens with zero attached hydrogens (tertiary/aromatic N) is 2. The number of benzene rings is 2. The molecule has 3 amide bonds. The summed E-state index contributed by atoms with van der Waals surface area (Å²) in [6.45, 7) is 2.27. The Labute approximate surface area is 146 Å². The second-order valence-electron chi connectivity index (χ2n) is 5.93. The van der Waals surface area contributed by atoms with E-state index in [1.54, 1.807) is 15.9 Å². The van der Waals surface area contributed by atoms with Crippen LogP contribution in [0.5, 0.6) is 0 Å². The number of hydrogen-bond acceptors (Lipinski definition) is 2. The molecule has 0 saturated carbocycles. The topological polar surface area (TPSA) is 52.7 Å². The Hall–Kier alpha value is -2.89. The Kier molecular flexibility index (Phi) is 5.28. The summed E-state index contributed by atoms with van der Waals surface area (Å²) in [6.07, 6.45) is 0. The van der Waals surface area contributed by atoms with E-state index in [0.717, 1.165) is 5.56 Å². The van der Waals surface area contributed by atoms with Crippen LogP contribution in [-0.2, 0) is 6.54 Å². The zero-order valence-electron chi connectivity index (χ0n) is 13.8. The van der Waals surface area contributed by atoms with Crippen molar-refractivity contribution in [2.45, 2.75) is 6.54 Å². The molecule has 0 aliphatic carbocycles. The lowest BCUT2D eigenvalue weighted by atomic mass is 10.2. The summed E-state index contributed by atoms with van der Waals surface area (Å²) in [4.78, 5) is 27.9. The maximum Gasteiger partial charge on any atom is 0.317 e. The first-order valence-electron chi connectivity index (χ1n) is 8.25. The first kappa shape index (κ1) is 17.0. The van der Waals surface area contributed by atoms with Gasteiger partial charge in [0, 0.05) is 38.3 Å². The molecule has 6 heteroatoms.